The van der Waals surface area contributed by atoms with E-state index in [2.05, 4.69) is 10.6 Å². The molecule has 138 valence electrons. The van der Waals surface area contributed by atoms with Gasteiger partial charge in [0.15, 0.2) is 0 Å². The van der Waals surface area contributed by atoms with Crippen LogP contribution in [0.3, 0.4) is 0 Å². The number of rotatable bonds is 7. The van der Waals surface area contributed by atoms with E-state index in [4.69, 9.17) is 5.73 Å². The highest BCUT2D eigenvalue weighted by Gasteiger charge is 2.24. The summed E-state index contributed by atoms with van der Waals surface area (Å²) in [7, 11) is 0. The maximum absolute atomic E-state index is 12.5. The summed E-state index contributed by atoms with van der Waals surface area (Å²) in [6.45, 7) is 6.23. The fourth-order valence-corrected chi connectivity index (χ4v) is 2.71. The molecule has 0 aliphatic rings. The Bertz CT molecular complexity index is 754. The Kier molecular flexibility index (Phi) is 6.78. The van der Waals surface area contributed by atoms with Gasteiger partial charge in [-0.2, -0.15) is 0 Å². The van der Waals surface area contributed by atoms with Crippen molar-refractivity contribution >= 4 is 17.5 Å². The predicted octanol–water partition coefficient (Wildman–Crippen LogP) is 2.69. The van der Waals surface area contributed by atoms with Crippen LogP contribution in [0.4, 0.5) is 5.69 Å². The molecule has 0 saturated heterocycles. The van der Waals surface area contributed by atoms with Crippen LogP contribution in [0.2, 0.25) is 0 Å². The Morgan fingerprint density at radius 2 is 1.69 bits per heavy atom. The summed E-state index contributed by atoms with van der Waals surface area (Å²) in [6.07, 6.45) is 0.711. The van der Waals surface area contributed by atoms with Gasteiger partial charge in [0.2, 0.25) is 5.91 Å². The number of nitrogen functional groups attached to an aromatic ring is 1. The number of hydrogen-bond acceptors (Lipinski definition) is 3. The fourth-order valence-electron chi connectivity index (χ4n) is 2.71. The molecule has 0 aliphatic heterocycles. The third kappa shape index (κ3) is 5.34. The number of carbonyl (C=O) groups is 2. The molecule has 0 aliphatic carbocycles. The van der Waals surface area contributed by atoms with Crippen LogP contribution in [-0.2, 0) is 11.2 Å². The molecule has 0 aromatic heterocycles. The van der Waals surface area contributed by atoms with Crippen LogP contribution in [0.1, 0.15) is 35.3 Å². The Balaban J connectivity index is 1.93. The summed E-state index contributed by atoms with van der Waals surface area (Å²) in [4.78, 5) is 25.0. The van der Waals surface area contributed by atoms with Gasteiger partial charge >= 0.3 is 0 Å². The standard InChI is InChI=1S/C21H27N3O2/c1-14(2)19(24-20(25)18-7-5-4-6-15(18)3)21(26)23-13-12-16-8-10-17(22)11-9-16/h4-11,14,19H,12-13,22H2,1-3H3,(H,23,26)(H,24,25). The van der Waals surface area contributed by atoms with E-state index in [1.165, 1.54) is 0 Å². The van der Waals surface area contributed by atoms with Crippen LogP contribution in [0.25, 0.3) is 0 Å². The van der Waals surface area contributed by atoms with Crippen molar-refractivity contribution in [2.75, 3.05) is 12.3 Å². The van der Waals surface area contributed by atoms with Gasteiger partial charge in [-0.1, -0.05) is 44.2 Å². The van der Waals surface area contributed by atoms with Crippen LogP contribution < -0.4 is 16.4 Å². The minimum atomic E-state index is -0.575. The Hall–Kier alpha value is -2.82. The van der Waals surface area contributed by atoms with Crippen LogP contribution >= 0.6 is 0 Å². The minimum absolute atomic E-state index is 0.0144. The second kappa shape index (κ2) is 9.04. The molecule has 1 unspecified atom stereocenters. The lowest BCUT2D eigenvalue weighted by Crippen LogP contribution is -2.50. The summed E-state index contributed by atoms with van der Waals surface area (Å²) in [5.41, 5.74) is 8.97. The first kappa shape index (κ1) is 19.5. The highest BCUT2D eigenvalue weighted by atomic mass is 16.2. The van der Waals surface area contributed by atoms with Gasteiger partial charge in [-0.05, 0) is 48.6 Å². The zero-order valence-corrected chi connectivity index (χ0v) is 15.6. The molecule has 5 heteroatoms. The van der Waals surface area contributed by atoms with Gasteiger partial charge in [0, 0.05) is 17.8 Å². The number of anilines is 1. The van der Waals surface area contributed by atoms with Gasteiger partial charge in [-0.15, -0.1) is 0 Å². The fraction of sp³-hybridized carbons (Fsp3) is 0.333. The molecule has 2 aromatic carbocycles. The van der Waals surface area contributed by atoms with E-state index in [9.17, 15) is 9.59 Å². The van der Waals surface area contributed by atoms with E-state index >= 15 is 0 Å². The number of aryl methyl sites for hydroxylation is 1. The van der Waals surface area contributed by atoms with Crippen molar-refractivity contribution in [2.45, 2.75) is 33.2 Å². The number of benzene rings is 2. The smallest absolute Gasteiger partial charge is 0.252 e. The number of nitrogens with one attached hydrogen (secondary N) is 2. The molecular weight excluding hydrogens is 326 g/mol. The second-order valence-corrected chi connectivity index (χ2v) is 6.79. The van der Waals surface area contributed by atoms with E-state index in [-0.39, 0.29) is 17.7 Å². The average Bonchev–Trinajstić information content (AvgIpc) is 2.61. The van der Waals surface area contributed by atoms with Gasteiger partial charge in [0.1, 0.15) is 6.04 Å². The monoisotopic (exact) mass is 353 g/mol. The summed E-state index contributed by atoms with van der Waals surface area (Å²) in [5.74, 6) is -0.410. The Morgan fingerprint density at radius 3 is 2.31 bits per heavy atom. The second-order valence-electron chi connectivity index (χ2n) is 6.79. The summed E-state index contributed by atoms with van der Waals surface area (Å²) < 4.78 is 0. The topological polar surface area (TPSA) is 84.2 Å². The quantitative estimate of drug-likeness (QED) is 0.669. The van der Waals surface area contributed by atoms with Gasteiger partial charge < -0.3 is 16.4 Å². The lowest BCUT2D eigenvalue weighted by molar-refractivity contribution is -0.123. The molecule has 0 fully saturated rings. The van der Waals surface area contributed by atoms with Crippen molar-refractivity contribution in [3.63, 3.8) is 0 Å². The molecule has 2 amide bonds. The van der Waals surface area contributed by atoms with E-state index in [1.54, 1.807) is 6.07 Å². The molecule has 4 N–H and O–H groups in total. The molecule has 26 heavy (non-hydrogen) atoms. The van der Waals surface area contributed by atoms with E-state index < -0.39 is 6.04 Å². The maximum Gasteiger partial charge on any atom is 0.252 e. The number of carbonyl (C=O) groups excluding carboxylic acids is 2. The zero-order chi connectivity index (χ0) is 19.1. The van der Waals surface area contributed by atoms with Crippen molar-refractivity contribution in [1.82, 2.24) is 10.6 Å². The first-order valence-electron chi connectivity index (χ1n) is 8.87. The SMILES string of the molecule is Cc1ccccc1C(=O)NC(C(=O)NCCc1ccc(N)cc1)C(C)C. The lowest BCUT2D eigenvalue weighted by atomic mass is 10.0. The maximum atomic E-state index is 12.5. The third-order valence-electron chi connectivity index (χ3n) is 4.32. The first-order valence-corrected chi connectivity index (χ1v) is 8.87. The minimum Gasteiger partial charge on any atom is -0.399 e. The highest BCUT2D eigenvalue weighted by molar-refractivity contribution is 5.98. The van der Waals surface area contributed by atoms with Crippen molar-refractivity contribution in [3.05, 3.63) is 65.2 Å². The molecule has 5 nitrogen and oxygen atoms in total. The predicted molar refractivity (Wildman–Crippen MR) is 105 cm³/mol. The molecule has 0 spiro atoms. The lowest BCUT2D eigenvalue weighted by Gasteiger charge is -2.22. The number of nitrogens with two attached hydrogens (primary N) is 1. The number of hydrogen-bond donors (Lipinski definition) is 3. The average molecular weight is 353 g/mol. The van der Waals surface area contributed by atoms with Crippen molar-refractivity contribution in [1.29, 1.82) is 0 Å². The Morgan fingerprint density at radius 1 is 1.04 bits per heavy atom. The molecule has 0 radical (unpaired) electrons. The molecule has 2 rings (SSSR count). The van der Waals surface area contributed by atoms with Crippen molar-refractivity contribution in [2.24, 2.45) is 5.92 Å². The molecule has 0 bridgehead atoms. The molecule has 1 atom stereocenters. The normalized spacial score (nSPS) is 11.8. The molecular formula is C21H27N3O2. The van der Waals surface area contributed by atoms with Gasteiger partial charge in [-0.3, -0.25) is 9.59 Å². The zero-order valence-electron chi connectivity index (χ0n) is 15.6. The van der Waals surface area contributed by atoms with E-state index in [0.29, 0.717) is 18.5 Å². The summed E-state index contributed by atoms with van der Waals surface area (Å²) in [5, 5.41) is 5.78. The first-order chi connectivity index (χ1) is 12.4. The van der Waals surface area contributed by atoms with Crippen LogP contribution in [0.5, 0.6) is 0 Å². The summed E-state index contributed by atoms with van der Waals surface area (Å²) in [6, 6.07) is 14.4. The van der Waals surface area contributed by atoms with E-state index in [1.807, 2.05) is 63.2 Å². The van der Waals surface area contributed by atoms with Gasteiger partial charge in [0.25, 0.3) is 5.91 Å². The van der Waals surface area contributed by atoms with Crippen molar-refractivity contribution < 1.29 is 9.59 Å². The highest BCUT2D eigenvalue weighted by Crippen LogP contribution is 2.10. The Labute approximate surface area is 155 Å². The van der Waals surface area contributed by atoms with Crippen LogP contribution in [0, 0.1) is 12.8 Å². The van der Waals surface area contributed by atoms with Crippen LogP contribution in [-0.4, -0.2) is 24.4 Å². The van der Waals surface area contributed by atoms with Gasteiger partial charge in [0.05, 0.1) is 0 Å². The van der Waals surface area contributed by atoms with Crippen molar-refractivity contribution in [3.8, 4) is 0 Å². The molecule has 2 aromatic rings. The van der Waals surface area contributed by atoms with Crippen LogP contribution in [0.15, 0.2) is 48.5 Å². The molecule has 0 saturated carbocycles. The largest absolute Gasteiger partial charge is 0.399 e. The summed E-state index contributed by atoms with van der Waals surface area (Å²) >= 11 is 0. The molecule has 0 heterocycles. The number of amides is 2. The van der Waals surface area contributed by atoms with Gasteiger partial charge in [-0.25, -0.2) is 0 Å². The van der Waals surface area contributed by atoms with E-state index in [0.717, 1.165) is 16.8 Å². The third-order valence-corrected chi connectivity index (χ3v) is 4.32.